The number of amides is 1. The molecule has 0 saturated carbocycles. The molecule has 4 heteroatoms. The SMILES string of the molecule is COc1ccc2c(c1)/C(=C\N1CCC(C)CC1)C(=O)N2. The van der Waals surface area contributed by atoms with Gasteiger partial charge in [0, 0.05) is 30.5 Å². The highest BCUT2D eigenvalue weighted by atomic mass is 16.5. The van der Waals surface area contributed by atoms with E-state index in [1.165, 1.54) is 12.8 Å². The van der Waals surface area contributed by atoms with Crippen LogP contribution in [-0.4, -0.2) is 31.0 Å². The van der Waals surface area contributed by atoms with Crippen LogP contribution in [-0.2, 0) is 4.79 Å². The highest BCUT2D eigenvalue weighted by molar-refractivity contribution is 6.31. The maximum atomic E-state index is 12.1. The van der Waals surface area contributed by atoms with Crippen molar-refractivity contribution in [2.75, 3.05) is 25.5 Å². The van der Waals surface area contributed by atoms with Gasteiger partial charge in [0.25, 0.3) is 5.91 Å². The molecule has 0 atom stereocenters. The molecular formula is C16H20N2O2. The largest absolute Gasteiger partial charge is 0.497 e. The van der Waals surface area contributed by atoms with Crippen molar-refractivity contribution in [1.82, 2.24) is 4.90 Å². The van der Waals surface area contributed by atoms with Gasteiger partial charge in [0.05, 0.1) is 12.7 Å². The third-order valence-corrected chi connectivity index (χ3v) is 4.14. The number of hydrogen-bond acceptors (Lipinski definition) is 3. The van der Waals surface area contributed by atoms with Crippen LogP contribution in [0.25, 0.3) is 5.57 Å². The second-order valence-corrected chi connectivity index (χ2v) is 5.63. The number of hydrogen-bond donors (Lipinski definition) is 1. The number of ether oxygens (including phenoxy) is 1. The fourth-order valence-electron chi connectivity index (χ4n) is 2.76. The van der Waals surface area contributed by atoms with Crippen LogP contribution in [0.15, 0.2) is 24.4 Å². The maximum absolute atomic E-state index is 12.1. The molecule has 0 aliphatic carbocycles. The molecule has 1 aromatic carbocycles. The number of piperidine rings is 1. The third kappa shape index (κ3) is 2.38. The molecule has 2 aliphatic heterocycles. The number of nitrogens with zero attached hydrogens (tertiary/aromatic N) is 1. The van der Waals surface area contributed by atoms with Crippen LogP contribution in [0.5, 0.6) is 5.75 Å². The molecule has 2 heterocycles. The summed E-state index contributed by atoms with van der Waals surface area (Å²) in [6.07, 6.45) is 4.39. The first-order valence-electron chi connectivity index (χ1n) is 7.13. The van der Waals surface area contributed by atoms with Gasteiger partial charge in [0.15, 0.2) is 0 Å². The first-order chi connectivity index (χ1) is 9.67. The summed E-state index contributed by atoms with van der Waals surface area (Å²) < 4.78 is 5.25. The van der Waals surface area contributed by atoms with E-state index in [9.17, 15) is 4.79 Å². The van der Waals surface area contributed by atoms with Crippen molar-refractivity contribution >= 4 is 17.2 Å². The van der Waals surface area contributed by atoms with Gasteiger partial charge in [-0.25, -0.2) is 0 Å². The van der Waals surface area contributed by atoms with Crippen LogP contribution < -0.4 is 10.1 Å². The standard InChI is InChI=1S/C16H20N2O2/c1-11-5-7-18(8-6-11)10-14-13-9-12(20-2)3-4-15(13)17-16(14)19/h3-4,9-11H,5-8H2,1-2H3,(H,17,19)/b14-10+. The quantitative estimate of drug-likeness (QED) is 0.842. The second-order valence-electron chi connectivity index (χ2n) is 5.63. The Hall–Kier alpha value is -1.97. The molecule has 4 nitrogen and oxygen atoms in total. The van der Waals surface area contributed by atoms with Crippen LogP contribution in [0.1, 0.15) is 25.3 Å². The van der Waals surface area contributed by atoms with E-state index < -0.39 is 0 Å². The molecule has 1 N–H and O–H groups in total. The Morgan fingerprint density at radius 1 is 1.35 bits per heavy atom. The Morgan fingerprint density at radius 2 is 2.10 bits per heavy atom. The lowest BCUT2D eigenvalue weighted by molar-refractivity contribution is -0.110. The van der Waals surface area contributed by atoms with E-state index in [2.05, 4.69) is 17.1 Å². The van der Waals surface area contributed by atoms with Crippen molar-refractivity contribution in [2.24, 2.45) is 5.92 Å². The summed E-state index contributed by atoms with van der Waals surface area (Å²) in [5.41, 5.74) is 2.55. The molecule has 1 amide bonds. The van der Waals surface area contributed by atoms with E-state index in [0.717, 1.165) is 41.6 Å². The van der Waals surface area contributed by atoms with E-state index in [-0.39, 0.29) is 5.91 Å². The zero-order chi connectivity index (χ0) is 14.1. The number of likely N-dealkylation sites (tertiary alicyclic amines) is 1. The monoisotopic (exact) mass is 272 g/mol. The van der Waals surface area contributed by atoms with Crippen molar-refractivity contribution in [1.29, 1.82) is 0 Å². The van der Waals surface area contributed by atoms with E-state index in [1.807, 2.05) is 24.4 Å². The number of carbonyl (C=O) groups is 1. The average Bonchev–Trinajstić information content (AvgIpc) is 2.77. The van der Waals surface area contributed by atoms with Crippen molar-refractivity contribution in [3.63, 3.8) is 0 Å². The minimum absolute atomic E-state index is 0.0214. The number of benzene rings is 1. The Kier molecular flexibility index (Phi) is 3.38. The molecule has 3 rings (SSSR count). The zero-order valence-electron chi connectivity index (χ0n) is 12.0. The van der Waals surface area contributed by atoms with Gasteiger partial charge in [-0.15, -0.1) is 0 Å². The summed E-state index contributed by atoms with van der Waals surface area (Å²) in [7, 11) is 1.64. The molecule has 0 unspecified atom stereocenters. The van der Waals surface area contributed by atoms with Gasteiger partial charge < -0.3 is 15.0 Å². The lowest BCUT2D eigenvalue weighted by Crippen LogP contribution is -2.29. The Morgan fingerprint density at radius 3 is 2.80 bits per heavy atom. The fraction of sp³-hybridized carbons (Fsp3) is 0.438. The number of nitrogens with one attached hydrogen (secondary N) is 1. The van der Waals surface area contributed by atoms with E-state index in [1.54, 1.807) is 7.11 Å². The Balaban J connectivity index is 1.89. The van der Waals surface area contributed by atoms with Gasteiger partial charge in [0.1, 0.15) is 5.75 Å². The summed E-state index contributed by atoms with van der Waals surface area (Å²) in [6, 6.07) is 5.68. The highest BCUT2D eigenvalue weighted by Crippen LogP contribution is 2.35. The summed E-state index contributed by atoms with van der Waals surface area (Å²) in [5.74, 6) is 1.54. The predicted octanol–water partition coefficient (Wildman–Crippen LogP) is 2.72. The normalized spacial score (nSPS) is 21.0. The molecular weight excluding hydrogens is 252 g/mol. The molecule has 0 radical (unpaired) electrons. The van der Waals surface area contributed by atoms with Crippen LogP contribution in [0, 0.1) is 5.92 Å². The number of methoxy groups -OCH3 is 1. The van der Waals surface area contributed by atoms with E-state index >= 15 is 0 Å². The minimum Gasteiger partial charge on any atom is -0.497 e. The minimum atomic E-state index is -0.0214. The fourth-order valence-corrected chi connectivity index (χ4v) is 2.76. The topological polar surface area (TPSA) is 41.6 Å². The summed E-state index contributed by atoms with van der Waals surface area (Å²) >= 11 is 0. The molecule has 2 aliphatic rings. The first-order valence-corrected chi connectivity index (χ1v) is 7.13. The van der Waals surface area contributed by atoms with Gasteiger partial charge in [-0.2, -0.15) is 0 Å². The number of carbonyl (C=O) groups excluding carboxylic acids is 1. The Bertz CT molecular complexity index is 558. The molecule has 1 saturated heterocycles. The first kappa shape index (κ1) is 13.0. The molecule has 1 aromatic rings. The third-order valence-electron chi connectivity index (χ3n) is 4.14. The number of anilines is 1. The zero-order valence-corrected chi connectivity index (χ0v) is 12.0. The van der Waals surface area contributed by atoms with Gasteiger partial charge >= 0.3 is 0 Å². The van der Waals surface area contributed by atoms with Crippen LogP contribution in [0.3, 0.4) is 0 Å². The maximum Gasteiger partial charge on any atom is 0.257 e. The molecule has 0 aromatic heterocycles. The Labute approximate surface area is 119 Å². The summed E-state index contributed by atoms with van der Waals surface area (Å²) in [6.45, 7) is 4.33. The van der Waals surface area contributed by atoms with Crippen molar-refractivity contribution in [3.8, 4) is 5.75 Å². The average molecular weight is 272 g/mol. The highest BCUT2D eigenvalue weighted by Gasteiger charge is 2.26. The van der Waals surface area contributed by atoms with Crippen LogP contribution in [0.2, 0.25) is 0 Å². The van der Waals surface area contributed by atoms with Gasteiger partial charge in [0.2, 0.25) is 0 Å². The van der Waals surface area contributed by atoms with Crippen molar-refractivity contribution in [2.45, 2.75) is 19.8 Å². The number of rotatable bonds is 2. The summed E-state index contributed by atoms with van der Waals surface area (Å²) in [5, 5.41) is 2.91. The van der Waals surface area contributed by atoms with Crippen LogP contribution in [0.4, 0.5) is 5.69 Å². The molecule has 0 spiro atoms. The van der Waals surface area contributed by atoms with E-state index in [0.29, 0.717) is 0 Å². The van der Waals surface area contributed by atoms with Crippen LogP contribution >= 0.6 is 0 Å². The van der Waals surface area contributed by atoms with Crippen molar-refractivity contribution < 1.29 is 9.53 Å². The van der Waals surface area contributed by atoms with Gasteiger partial charge in [-0.05, 0) is 37.0 Å². The number of fused-ring (bicyclic) bond motifs is 1. The predicted molar refractivity (Wildman–Crippen MR) is 79.6 cm³/mol. The molecule has 0 bridgehead atoms. The summed E-state index contributed by atoms with van der Waals surface area (Å²) in [4.78, 5) is 14.4. The van der Waals surface area contributed by atoms with Gasteiger partial charge in [-0.1, -0.05) is 6.92 Å². The second kappa shape index (κ2) is 5.19. The van der Waals surface area contributed by atoms with Gasteiger partial charge in [-0.3, -0.25) is 4.79 Å². The lowest BCUT2D eigenvalue weighted by Gasteiger charge is -2.29. The molecule has 20 heavy (non-hydrogen) atoms. The molecule has 1 fully saturated rings. The lowest BCUT2D eigenvalue weighted by atomic mass is 9.99. The van der Waals surface area contributed by atoms with Crippen molar-refractivity contribution in [3.05, 3.63) is 30.0 Å². The van der Waals surface area contributed by atoms with E-state index in [4.69, 9.17) is 4.74 Å². The smallest absolute Gasteiger partial charge is 0.257 e. The molecule has 106 valence electrons.